The van der Waals surface area contributed by atoms with Gasteiger partial charge in [-0.05, 0) is 19.3 Å². The molecule has 2 atom stereocenters. The zero-order chi connectivity index (χ0) is 13.4. The summed E-state index contributed by atoms with van der Waals surface area (Å²) in [7, 11) is 0. The zero-order valence-electron chi connectivity index (χ0n) is 9.83. The molecule has 2 heterocycles. The van der Waals surface area contributed by atoms with Crippen molar-refractivity contribution in [3.8, 4) is 0 Å². The van der Waals surface area contributed by atoms with Crippen molar-refractivity contribution in [1.29, 1.82) is 0 Å². The number of alkyl halides is 3. The van der Waals surface area contributed by atoms with Gasteiger partial charge in [-0.2, -0.15) is 18.2 Å². The van der Waals surface area contributed by atoms with Gasteiger partial charge in [0.2, 0.25) is 0 Å². The van der Waals surface area contributed by atoms with E-state index in [1.54, 1.807) is 0 Å². The van der Waals surface area contributed by atoms with Crippen LogP contribution in [0.25, 0.3) is 0 Å². The molecule has 18 heavy (non-hydrogen) atoms. The summed E-state index contributed by atoms with van der Waals surface area (Å²) in [6.45, 7) is 2.04. The van der Waals surface area contributed by atoms with Gasteiger partial charge in [0.25, 0.3) is 5.89 Å². The number of halogens is 3. The maximum Gasteiger partial charge on any atom is 0.415 e. The third-order valence-corrected chi connectivity index (χ3v) is 3.00. The SMILES string of the molecule is CC(N)(c1nc(CC2CCOC2)no1)C(F)(F)F. The van der Waals surface area contributed by atoms with Crippen molar-refractivity contribution >= 4 is 0 Å². The highest BCUT2D eigenvalue weighted by Crippen LogP contribution is 2.35. The lowest BCUT2D eigenvalue weighted by atomic mass is 10.0. The van der Waals surface area contributed by atoms with E-state index in [0.717, 1.165) is 13.3 Å². The van der Waals surface area contributed by atoms with Crippen LogP contribution < -0.4 is 5.73 Å². The molecule has 0 radical (unpaired) electrons. The average Bonchev–Trinajstić information content (AvgIpc) is 2.87. The van der Waals surface area contributed by atoms with E-state index >= 15 is 0 Å². The molecule has 0 aliphatic carbocycles. The summed E-state index contributed by atoms with van der Waals surface area (Å²) in [5, 5.41) is 3.54. The van der Waals surface area contributed by atoms with Crippen LogP contribution in [-0.2, 0) is 16.7 Å². The second kappa shape index (κ2) is 4.51. The lowest BCUT2D eigenvalue weighted by Crippen LogP contribution is -2.48. The van der Waals surface area contributed by atoms with Gasteiger partial charge in [0, 0.05) is 19.6 Å². The number of rotatable bonds is 3. The van der Waals surface area contributed by atoms with Crippen molar-refractivity contribution in [1.82, 2.24) is 10.1 Å². The van der Waals surface area contributed by atoms with Gasteiger partial charge in [-0.1, -0.05) is 5.16 Å². The minimum Gasteiger partial charge on any atom is -0.381 e. The van der Waals surface area contributed by atoms with Crippen LogP contribution >= 0.6 is 0 Å². The highest BCUT2D eigenvalue weighted by Gasteiger charge is 2.53. The predicted molar refractivity (Wildman–Crippen MR) is 54.5 cm³/mol. The summed E-state index contributed by atoms with van der Waals surface area (Å²) in [6.07, 6.45) is -3.34. The summed E-state index contributed by atoms with van der Waals surface area (Å²) >= 11 is 0. The monoisotopic (exact) mass is 265 g/mol. The highest BCUT2D eigenvalue weighted by molar-refractivity contribution is 5.04. The van der Waals surface area contributed by atoms with Crippen molar-refractivity contribution < 1.29 is 22.4 Å². The Labute approximate surface area is 101 Å². The van der Waals surface area contributed by atoms with Gasteiger partial charge in [0.1, 0.15) is 0 Å². The van der Waals surface area contributed by atoms with E-state index < -0.39 is 17.6 Å². The molecule has 0 bridgehead atoms. The van der Waals surface area contributed by atoms with E-state index in [0.29, 0.717) is 19.6 Å². The molecule has 2 unspecified atom stereocenters. The van der Waals surface area contributed by atoms with Crippen LogP contribution in [0.2, 0.25) is 0 Å². The number of hydrogen-bond donors (Lipinski definition) is 1. The van der Waals surface area contributed by atoms with Crippen molar-refractivity contribution in [2.24, 2.45) is 11.7 Å². The van der Waals surface area contributed by atoms with Crippen LogP contribution in [-0.4, -0.2) is 29.5 Å². The minimum atomic E-state index is -4.63. The second-order valence-corrected chi connectivity index (χ2v) is 4.65. The van der Waals surface area contributed by atoms with Gasteiger partial charge >= 0.3 is 6.18 Å². The molecule has 0 aromatic carbocycles. The van der Waals surface area contributed by atoms with Crippen LogP contribution in [0.1, 0.15) is 25.1 Å². The zero-order valence-corrected chi connectivity index (χ0v) is 9.83. The molecule has 1 aromatic rings. The molecule has 2 N–H and O–H groups in total. The normalized spacial score (nSPS) is 24.2. The van der Waals surface area contributed by atoms with Gasteiger partial charge in [-0.3, -0.25) is 0 Å². The van der Waals surface area contributed by atoms with Gasteiger partial charge in [-0.15, -0.1) is 0 Å². The first-order valence-corrected chi connectivity index (χ1v) is 5.57. The molecule has 5 nitrogen and oxygen atoms in total. The quantitative estimate of drug-likeness (QED) is 0.893. The smallest absolute Gasteiger partial charge is 0.381 e. The Morgan fingerprint density at radius 2 is 2.17 bits per heavy atom. The Kier molecular flexibility index (Phi) is 3.33. The van der Waals surface area contributed by atoms with E-state index in [9.17, 15) is 13.2 Å². The molecule has 2 rings (SSSR count). The Morgan fingerprint density at radius 1 is 1.44 bits per heavy atom. The topological polar surface area (TPSA) is 74.2 Å². The first-order valence-electron chi connectivity index (χ1n) is 5.57. The van der Waals surface area contributed by atoms with Gasteiger partial charge in [0.15, 0.2) is 11.4 Å². The Bertz CT molecular complexity index is 411. The molecule has 1 saturated heterocycles. The van der Waals surface area contributed by atoms with E-state index in [1.807, 2.05) is 0 Å². The fraction of sp³-hybridized carbons (Fsp3) is 0.800. The molecule has 8 heteroatoms. The molecular weight excluding hydrogens is 251 g/mol. The fourth-order valence-corrected chi connectivity index (χ4v) is 1.67. The molecule has 1 aromatic heterocycles. The van der Waals surface area contributed by atoms with E-state index in [1.165, 1.54) is 0 Å². The number of nitrogens with two attached hydrogens (primary N) is 1. The Hall–Kier alpha value is -1.15. The standard InChI is InChI=1S/C10H14F3N3O2/c1-9(14,10(11,12)13)8-15-7(16-18-8)4-6-2-3-17-5-6/h6H,2-5,14H2,1H3. The minimum absolute atomic E-state index is 0.227. The van der Waals surface area contributed by atoms with Crippen LogP contribution in [0.5, 0.6) is 0 Å². The van der Waals surface area contributed by atoms with Gasteiger partial charge < -0.3 is 15.0 Å². The van der Waals surface area contributed by atoms with E-state index in [2.05, 4.69) is 14.7 Å². The molecule has 102 valence electrons. The number of ether oxygens (including phenoxy) is 1. The number of nitrogens with zero attached hydrogens (tertiary/aromatic N) is 2. The number of aromatic nitrogens is 2. The fourth-order valence-electron chi connectivity index (χ4n) is 1.67. The summed E-state index contributed by atoms with van der Waals surface area (Å²) in [5.74, 6) is -0.143. The Morgan fingerprint density at radius 3 is 2.72 bits per heavy atom. The predicted octanol–water partition coefficient (Wildman–Crippen LogP) is 1.38. The van der Waals surface area contributed by atoms with Crippen molar-refractivity contribution in [3.63, 3.8) is 0 Å². The van der Waals surface area contributed by atoms with Crippen molar-refractivity contribution in [3.05, 3.63) is 11.7 Å². The molecule has 1 fully saturated rings. The third kappa shape index (κ3) is 2.49. The van der Waals surface area contributed by atoms with E-state index in [4.69, 9.17) is 10.5 Å². The summed E-state index contributed by atoms with van der Waals surface area (Å²) < 4.78 is 47.8. The average molecular weight is 265 g/mol. The molecule has 0 amide bonds. The summed E-state index contributed by atoms with van der Waals surface area (Å²) in [5.41, 5.74) is 2.57. The lowest BCUT2D eigenvalue weighted by Gasteiger charge is -2.22. The van der Waals surface area contributed by atoms with Crippen molar-refractivity contribution in [2.75, 3.05) is 13.2 Å². The summed E-state index contributed by atoms with van der Waals surface area (Å²) in [4.78, 5) is 3.73. The Balaban J connectivity index is 2.10. The van der Waals surface area contributed by atoms with Gasteiger partial charge in [0.05, 0.1) is 0 Å². The molecule has 0 spiro atoms. The van der Waals surface area contributed by atoms with Crippen LogP contribution in [0, 0.1) is 5.92 Å². The maximum absolute atomic E-state index is 12.7. The third-order valence-electron chi connectivity index (χ3n) is 3.00. The second-order valence-electron chi connectivity index (χ2n) is 4.65. The molecule has 0 saturated carbocycles. The lowest BCUT2D eigenvalue weighted by molar-refractivity contribution is -0.190. The first-order chi connectivity index (χ1) is 8.30. The van der Waals surface area contributed by atoms with Gasteiger partial charge in [-0.25, -0.2) is 0 Å². The van der Waals surface area contributed by atoms with Crippen LogP contribution in [0.4, 0.5) is 13.2 Å². The van der Waals surface area contributed by atoms with E-state index in [-0.39, 0.29) is 11.7 Å². The van der Waals surface area contributed by atoms with Crippen LogP contribution in [0.15, 0.2) is 4.52 Å². The molecular formula is C10H14F3N3O2. The summed E-state index contributed by atoms with van der Waals surface area (Å²) in [6, 6.07) is 0. The molecule has 1 aliphatic rings. The molecule has 1 aliphatic heterocycles. The van der Waals surface area contributed by atoms with Crippen LogP contribution in [0.3, 0.4) is 0 Å². The first kappa shape index (κ1) is 13.3. The highest BCUT2D eigenvalue weighted by atomic mass is 19.4. The number of hydrogen-bond acceptors (Lipinski definition) is 5. The largest absolute Gasteiger partial charge is 0.415 e. The maximum atomic E-state index is 12.7. The van der Waals surface area contributed by atoms with Crippen molar-refractivity contribution in [2.45, 2.75) is 31.5 Å².